The minimum Gasteiger partial charge on any atom is -0.493 e. The Hall–Kier alpha value is -3.08. The number of amides is 1. The largest absolute Gasteiger partial charge is 0.493 e. The molecule has 162 valence electrons. The van der Waals surface area contributed by atoms with Crippen LogP contribution in [0.2, 0.25) is 0 Å². The topological polar surface area (TPSA) is 42.7 Å². The van der Waals surface area contributed by atoms with Gasteiger partial charge in [-0.25, -0.2) is 4.39 Å². The predicted molar refractivity (Wildman–Crippen MR) is 121 cm³/mol. The number of benzene rings is 2. The predicted octanol–water partition coefficient (Wildman–Crippen LogP) is 6.44. The molecule has 5 heteroatoms. The Kier molecular flexibility index (Phi) is 6.40. The van der Waals surface area contributed by atoms with Crippen LogP contribution in [-0.2, 0) is 4.79 Å². The molecule has 0 bridgehead atoms. The summed E-state index contributed by atoms with van der Waals surface area (Å²) in [6.45, 7) is 6.02. The molecule has 1 aliphatic heterocycles. The van der Waals surface area contributed by atoms with E-state index >= 15 is 0 Å². The van der Waals surface area contributed by atoms with E-state index in [0.29, 0.717) is 17.9 Å². The summed E-state index contributed by atoms with van der Waals surface area (Å²) < 4.78 is 25.0. The average molecular weight is 422 g/mol. The SMILES string of the molecule is CCOc1cc2occ(-c3ccc(F)cc3)c2cc1/C(C)=C/C(=O)N1CCCCCC1. The Bertz CT molecular complexity index is 1090. The van der Waals surface area contributed by atoms with Gasteiger partial charge >= 0.3 is 0 Å². The fourth-order valence-corrected chi connectivity index (χ4v) is 4.14. The molecule has 0 aliphatic carbocycles. The highest BCUT2D eigenvalue weighted by Crippen LogP contribution is 2.37. The van der Waals surface area contributed by atoms with Crippen molar-refractivity contribution in [2.45, 2.75) is 39.5 Å². The molecule has 0 saturated carbocycles. The number of allylic oxidation sites excluding steroid dienone is 1. The average Bonchev–Trinajstić information content (AvgIpc) is 2.97. The van der Waals surface area contributed by atoms with Gasteiger partial charge in [-0.1, -0.05) is 25.0 Å². The molecular weight excluding hydrogens is 393 g/mol. The molecule has 1 amide bonds. The number of ether oxygens (including phenoxy) is 1. The van der Waals surface area contributed by atoms with Crippen molar-refractivity contribution in [3.8, 4) is 16.9 Å². The van der Waals surface area contributed by atoms with E-state index in [2.05, 4.69) is 0 Å². The minimum absolute atomic E-state index is 0.0490. The molecule has 1 aromatic heterocycles. The van der Waals surface area contributed by atoms with E-state index in [9.17, 15) is 9.18 Å². The Morgan fingerprint density at radius 1 is 1.13 bits per heavy atom. The molecule has 2 aromatic carbocycles. The molecule has 2 heterocycles. The van der Waals surface area contributed by atoms with Crippen LogP contribution in [0.1, 0.15) is 45.1 Å². The maximum Gasteiger partial charge on any atom is 0.246 e. The van der Waals surface area contributed by atoms with E-state index in [4.69, 9.17) is 9.15 Å². The second kappa shape index (κ2) is 9.38. The highest BCUT2D eigenvalue weighted by Gasteiger charge is 2.18. The van der Waals surface area contributed by atoms with Crippen LogP contribution in [0.15, 0.2) is 53.2 Å². The van der Waals surface area contributed by atoms with Crippen LogP contribution >= 0.6 is 0 Å². The zero-order valence-corrected chi connectivity index (χ0v) is 18.1. The summed E-state index contributed by atoms with van der Waals surface area (Å²) >= 11 is 0. The van der Waals surface area contributed by atoms with E-state index < -0.39 is 0 Å². The lowest BCUT2D eigenvalue weighted by atomic mass is 9.99. The summed E-state index contributed by atoms with van der Waals surface area (Å²) in [4.78, 5) is 14.8. The van der Waals surface area contributed by atoms with E-state index in [1.165, 1.54) is 25.0 Å². The van der Waals surface area contributed by atoms with Crippen molar-refractivity contribution in [3.05, 3.63) is 60.1 Å². The lowest BCUT2D eigenvalue weighted by molar-refractivity contribution is -0.125. The number of nitrogens with zero attached hydrogens (tertiary/aromatic N) is 1. The fourth-order valence-electron chi connectivity index (χ4n) is 4.14. The number of halogens is 1. The molecule has 0 N–H and O–H groups in total. The van der Waals surface area contributed by atoms with Crippen molar-refractivity contribution < 1.29 is 18.3 Å². The van der Waals surface area contributed by atoms with Crippen molar-refractivity contribution in [1.82, 2.24) is 4.90 Å². The molecule has 1 fully saturated rings. The Morgan fingerprint density at radius 2 is 1.84 bits per heavy atom. The van der Waals surface area contributed by atoms with Gasteiger partial charge in [0.15, 0.2) is 0 Å². The third-order valence-corrected chi connectivity index (χ3v) is 5.81. The fraction of sp³-hybridized carbons (Fsp3) is 0.346. The number of hydrogen-bond acceptors (Lipinski definition) is 3. The number of carbonyl (C=O) groups excluding carboxylic acids is 1. The summed E-state index contributed by atoms with van der Waals surface area (Å²) in [6.07, 6.45) is 7.88. The van der Waals surface area contributed by atoms with Crippen molar-refractivity contribution >= 4 is 22.4 Å². The second-order valence-corrected chi connectivity index (χ2v) is 8.00. The molecule has 0 atom stereocenters. The number of fused-ring (bicyclic) bond motifs is 1. The van der Waals surface area contributed by atoms with Crippen molar-refractivity contribution in [2.75, 3.05) is 19.7 Å². The summed E-state index contributed by atoms with van der Waals surface area (Å²) in [6, 6.07) is 10.2. The molecule has 0 radical (unpaired) electrons. The van der Waals surface area contributed by atoms with Gasteiger partial charge in [-0.3, -0.25) is 4.79 Å². The molecular formula is C26H28FNO3. The molecule has 0 unspecified atom stereocenters. The third kappa shape index (κ3) is 4.66. The molecule has 4 rings (SSSR count). The first kappa shape index (κ1) is 21.2. The lowest BCUT2D eigenvalue weighted by Crippen LogP contribution is -2.30. The lowest BCUT2D eigenvalue weighted by Gasteiger charge is -2.19. The van der Waals surface area contributed by atoms with Gasteiger partial charge < -0.3 is 14.1 Å². The monoisotopic (exact) mass is 421 g/mol. The van der Waals surface area contributed by atoms with Gasteiger partial charge in [-0.2, -0.15) is 0 Å². The standard InChI is InChI=1S/C26H28FNO3/c1-3-30-24-16-25-22(23(17-31-25)19-8-10-20(27)11-9-19)15-21(24)18(2)14-26(29)28-12-6-4-5-7-13-28/h8-11,14-17H,3-7,12-13H2,1-2H3/b18-14+. The Labute approximate surface area is 182 Å². The van der Waals surface area contributed by atoms with Crippen LogP contribution in [0.25, 0.3) is 27.7 Å². The first-order valence-electron chi connectivity index (χ1n) is 11.0. The summed E-state index contributed by atoms with van der Waals surface area (Å²) in [7, 11) is 0. The van der Waals surface area contributed by atoms with Gasteiger partial charge in [-0.05, 0) is 56.0 Å². The minimum atomic E-state index is -0.276. The van der Waals surface area contributed by atoms with Crippen LogP contribution in [0.5, 0.6) is 5.75 Å². The van der Waals surface area contributed by atoms with E-state index in [0.717, 1.165) is 53.6 Å². The maximum absolute atomic E-state index is 13.4. The van der Waals surface area contributed by atoms with Gasteiger partial charge in [0, 0.05) is 41.7 Å². The van der Waals surface area contributed by atoms with Gasteiger partial charge in [-0.15, -0.1) is 0 Å². The van der Waals surface area contributed by atoms with Gasteiger partial charge in [0.05, 0.1) is 12.9 Å². The number of furan rings is 1. The van der Waals surface area contributed by atoms with Crippen molar-refractivity contribution in [1.29, 1.82) is 0 Å². The molecule has 3 aromatic rings. The molecule has 1 aliphatic rings. The third-order valence-electron chi connectivity index (χ3n) is 5.81. The number of likely N-dealkylation sites (tertiary alicyclic amines) is 1. The van der Waals surface area contributed by atoms with Gasteiger partial charge in [0.2, 0.25) is 5.91 Å². The number of rotatable bonds is 5. The Morgan fingerprint density at radius 3 is 2.52 bits per heavy atom. The summed E-state index contributed by atoms with van der Waals surface area (Å²) in [5.41, 5.74) is 4.16. The van der Waals surface area contributed by atoms with E-state index in [1.54, 1.807) is 24.5 Å². The van der Waals surface area contributed by atoms with Crippen molar-refractivity contribution in [3.63, 3.8) is 0 Å². The zero-order valence-electron chi connectivity index (χ0n) is 18.1. The number of carbonyl (C=O) groups is 1. The summed E-state index contributed by atoms with van der Waals surface area (Å²) in [5, 5.41) is 0.903. The second-order valence-electron chi connectivity index (χ2n) is 8.00. The number of hydrogen-bond donors (Lipinski definition) is 0. The van der Waals surface area contributed by atoms with Crippen LogP contribution < -0.4 is 4.74 Å². The van der Waals surface area contributed by atoms with Crippen LogP contribution in [0.4, 0.5) is 4.39 Å². The van der Waals surface area contributed by atoms with Crippen molar-refractivity contribution in [2.24, 2.45) is 0 Å². The molecule has 1 saturated heterocycles. The summed E-state index contributed by atoms with van der Waals surface area (Å²) in [5.74, 6) is 0.460. The van der Waals surface area contributed by atoms with Gasteiger partial charge in [0.25, 0.3) is 0 Å². The normalized spacial score (nSPS) is 15.2. The molecule has 0 spiro atoms. The molecule has 31 heavy (non-hydrogen) atoms. The van der Waals surface area contributed by atoms with Crippen LogP contribution in [0.3, 0.4) is 0 Å². The quantitative estimate of drug-likeness (QED) is 0.445. The smallest absolute Gasteiger partial charge is 0.246 e. The van der Waals surface area contributed by atoms with Crippen LogP contribution in [-0.4, -0.2) is 30.5 Å². The highest BCUT2D eigenvalue weighted by molar-refractivity contribution is 6.00. The molecule has 4 nitrogen and oxygen atoms in total. The first-order chi connectivity index (χ1) is 15.1. The van der Waals surface area contributed by atoms with E-state index in [-0.39, 0.29) is 11.7 Å². The maximum atomic E-state index is 13.4. The van der Waals surface area contributed by atoms with Gasteiger partial charge in [0.1, 0.15) is 17.1 Å². The Balaban J connectivity index is 1.73. The van der Waals surface area contributed by atoms with Crippen LogP contribution in [0, 0.1) is 5.82 Å². The zero-order chi connectivity index (χ0) is 21.8. The first-order valence-corrected chi connectivity index (χ1v) is 11.0. The van der Waals surface area contributed by atoms with E-state index in [1.807, 2.05) is 30.9 Å². The highest BCUT2D eigenvalue weighted by atomic mass is 19.1.